The van der Waals surface area contributed by atoms with Crippen molar-refractivity contribution in [2.45, 2.75) is 18.9 Å². The van der Waals surface area contributed by atoms with Crippen molar-refractivity contribution in [3.05, 3.63) is 63.6 Å². The Morgan fingerprint density at radius 3 is 2.43 bits per heavy atom. The lowest BCUT2D eigenvalue weighted by molar-refractivity contribution is 0.414. The first kappa shape index (κ1) is 16.1. The fourth-order valence-electron chi connectivity index (χ4n) is 2.21. The average Bonchev–Trinajstić information content (AvgIpc) is 2.51. The second kappa shape index (κ2) is 7.66. The Bertz CT molecular complexity index is 587. The number of benzene rings is 2. The number of hydrogen-bond acceptors (Lipinski definition) is 3. The van der Waals surface area contributed by atoms with Crippen molar-refractivity contribution < 1.29 is 4.74 Å². The van der Waals surface area contributed by atoms with Gasteiger partial charge in [-0.15, -0.1) is 0 Å². The molecule has 0 aliphatic rings. The van der Waals surface area contributed by atoms with E-state index in [0.29, 0.717) is 16.5 Å². The summed E-state index contributed by atoms with van der Waals surface area (Å²) in [5.74, 6) is 6.50. The van der Waals surface area contributed by atoms with E-state index in [4.69, 9.17) is 33.8 Å². The molecule has 0 spiro atoms. The summed E-state index contributed by atoms with van der Waals surface area (Å²) < 4.78 is 5.15. The molecule has 0 amide bonds. The molecule has 0 aliphatic heterocycles. The van der Waals surface area contributed by atoms with Crippen molar-refractivity contribution in [3.8, 4) is 5.75 Å². The van der Waals surface area contributed by atoms with Crippen molar-refractivity contribution in [1.29, 1.82) is 0 Å². The zero-order valence-corrected chi connectivity index (χ0v) is 13.3. The summed E-state index contributed by atoms with van der Waals surface area (Å²) >= 11 is 12.3. The maximum Gasteiger partial charge on any atom is 0.118 e. The van der Waals surface area contributed by atoms with Gasteiger partial charge in [0, 0.05) is 6.04 Å². The van der Waals surface area contributed by atoms with Crippen LogP contribution in [0.5, 0.6) is 5.75 Å². The van der Waals surface area contributed by atoms with E-state index >= 15 is 0 Å². The highest BCUT2D eigenvalue weighted by atomic mass is 35.5. The van der Waals surface area contributed by atoms with E-state index in [9.17, 15) is 0 Å². The van der Waals surface area contributed by atoms with Gasteiger partial charge in [0.25, 0.3) is 0 Å². The number of rotatable bonds is 6. The fourth-order valence-corrected chi connectivity index (χ4v) is 2.60. The predicted octanol–water partition coefficient (Wildman–Crippen LogP) is 3.62. The smallest absolute Gasteiger partial charge is 0.118 e. The van der Waals surface area contributed by atoms with Crippen LogP contribution in [0.25, 0.3) is 0 Å². The van der Waals surface area contributed by atoms with Gasteiger partial charge in [-0.1, -0.05) is 47.5 Å². The third-order valence-electron chi connectivity index (χ3n) is 3.37. The van der Waals surface area contributed by atoms with Crippen molar-refractivity contribution in [2.75, 3.05) is 7.11 Å². The first-order chi connectivity index (χ1) is 10.1. The number of halogens is 2. The van der Waals surface area contributed by atoms with E-state index in [-0.39, 0.29) is 6.04 Å². The van der Waals surface area contributed by atoms with Gasteiger partial charge in [-0.2, -0.15) is 0 Å². The predicted molar refractivity (Wildman–Crippen MR) is 88.0 cm³/mol. The minimum Gasteiger partial charge on any atom is -0.497 e. The molecule has 1 atom stereocenters. The Hall–Kier alpha value is -1.26. The maximum absolute atomic E-state index is 6.22. The van der Waals surface area contributed by atoms with Crippen LogP contribution < -0.4 is 16.0 Å². The monoisotopic (exact) mass is 324 g/mol. The summed E-state index contributed by atoms with van der Waals surface area (Å²) in [7, 11) is 1.65. The molecule has 2 rings (SSSR count). The van der Waals surface area contributed by atoms with Gasteiger partial charge < -0.3 is 4.74 Å². The average molecular weight is 325 g/mol. The lowest BCUT2D eigenvalue weighted by Crippen LogP contribution is -2.38. The highest BCUT2D eigenvalue weighted by Gasteiger charge is 2.12. The Morgan fingerprint density at radius 1 is 1.10 bits per heavy atom. The molecule has 112 valence electrons. The van der Waals surface area contributed by atoms with Crippen LogP contribution >= 0.6 is 23.2 Å². The molecule has 0 radical (unpaired) electrons. The van der Waals surface area contributed by atoms with E-state index in [1.165, 1.54) is 5.56 Å². The molecule has 2 aromatic carbocycles. The van der Waals surface area contributed by atoms with Crippen LogP contribution in [-0.4, -0.2) is 13.2 Å². The quantitative estimate of drug-likeness (QED) is 0.630. The molecule has 0 bridgehead atoms. The highest BCUT2D eigenvalue weighted by molar-refractivity contribution is 6.42. The number of methoxy groups -OCH3 is 1. The fraction of sp³-hybridized carbons (Fsp3) is 0.250. The molecule has 0 aliphatic carbocycles. The van der Waals surface area contributed by atoms with E-state index in [2.05, 4.69) is 5.43 Å². The number of nitrogens with two attached hydrogens (primary N) is 1. The molecule has 2 aromatic rings. The third kappa shape index (κ3) is 4.35. The SMILES string of the molecule is COc1ccc(CC(Cc2cccc(Cl)c2Cl)NN)cc1. The van der Waals surface area contributed by atoms with Crippen LogP contribution in [0.3, 0.4) is 0 Å². The Labute approximate surface area is 135 Å². The Morgan fingerprint density at radius 2 is 1.81 bits per heavy atom. The minimum absolute atomic E-state index is 0.0781. The standard InChI is InChI=1S/C16H18Cl2N2O/c1-21-14-7-5-11(6-8-14)9-13(20-19)10-12-3-2-4-15(17)16(12)18/h2-8,13,20H,9-10,19H2,1H3. The molecule has 0 saturated heterocycles. The number of hydrazine groups is 1. The molecule has 1 unspecified atom stereocenters. The van der Waals surface area contributed by atoms with Gasteiger partial charge in [0.05, 0.1) is 17.2 Å². The van der Waals surface area contributed by atoms with Gasteiger partial charge in [-0.05, 0) is 42.2 Å². The summed E-state index contributed by atoms with van der Waals surface area (Å²) in [6.45, 7) is 0. The molecule has 21 heavy (non-hydrogen) atoms. The summed E-state index contributed by atoms with van der Waals surface area (Å²) in [6, 6.07) is 13.7. The van der Waals surface area contributed by atoms with Crippen LogP contribution in [0.15, 0.2) is 42.5 Å². The first-order valence-corrected chi connectivity index (χ1v) is 7.41. The van der Waals surface area contributed by atoms with Gasteiger partial charge >= 0.3 is 0 Å². The zero-order valence-electron chi connectivity index (χ0n) is 11.8. The molecular formula is C16H18Cl2N2O. The van der Waals surface area contributed by atoms with E-state index in [1.54, 1.807) is 13.2 Å². The molecule has 5 heteroatoms. The number of hydrogen-bond donors (Lipinski definition) is 2. The molecule has 0 heterocycles. The van der Waals surface area contributed by atoms with Gasteiger partial charge in [-0.3, -0.25) is 11.3 Å². The summed E-state index contributed by atoms with van der Waals surface area (Å²) in [4.78, 5) is 0. The Balaban J connectivity index is 2.07. The van der Waals surface area contributed by atoms with Crippen LogP contribution in [0.2, 0.25) is 10.0 Å². The van der Waals surface area contributed by atoms with Crippen molar-refractivity contribution in [3.63, 3.8) is 0 Å². The van der Waals surface area contributed by atoms with Crippen LogP contribution in [-0.2, 0) is 12.8 Å². The van der Waals surface area contributed by atoms with Gasteiger partial charge in [0.1, 0.15) is 5.75 Å². The molecule has 3 N–H and O–H groups in total. The van der Waals surface area contributed by atoms with Crippen molar-refractivity contribution in [2.24, 2.45) is 5.84 Å². The maximum atomic E-state index is 6.22. The zero-order chi connectivity index (χ0) is 15.2. The highest BCUT2D eigenvalue weighted by Crippen LogP contribution is 2.26. The molecule has 0 saturated carbocycles. The normalized spacial score (nSPS) is 12.2. The van der Waals surface area contributed by atoms with Crippen LogP contribution in [0.1, 0.15) is 11.1 Å². The van der Waals surface area contributed by atoms with E-state index < -0.39 is 0 Å². The first-order valence-electron chi connectivity index (χ1n) is 6.66. The summed E-state index contributed by atoms with van der Waals surface area (Å²) in [5.41, 5.74) is 5.01. The lowest BCUT2D eigenvalue weighted by atomic mass is 9.99. The second-order valence-corrected chi connectivity index (χ2v) is 5.62. The molecule has 3 nitrogen and oxygen atoms in total. The van der Waals surface area contributed by atoms with Crippen molar-refractivity contribution in [1.82, 2.24) is 5.43 Å². The molecule has 0 fully saturated rings. The Kier molecular flexibility index (Phi) is 5.88. The number of ether oxygens (including phenoxy) is 1. The lowest BCUT2D eigenvalue weighted by Gasteiger charge is -2.17. The van der Waals surface area contributed by atoms with Gasteiger partial charge in [0.15, 0.2) is 0 Å². The van der Waals surface area contributed by atoms with Gasteiger partial charge in [0.2, 0.25) is 0 Å². The second-order valence-electron chi connectivity index (χ2n) is 4.83. The molecule has 0 aromatic heterocycles. The minimum atomic E-state index is 0.0781. The number of nitrogens with one attached hydrogen (secondary N) is 1. The van der Waals surface area contributed by atoms with Gasteiger partial charge in [-0.25, -0.2) is 0 Å². The molecular weight excluding hydrogens is 307 g/mol. The topological polar surface area (TPSA) is 47.3 Å². The summed E-state index contributed by atoms with van der Waals surface area (Å²) in [6.07, 6.45) is 1.51. The largest absolute Gasteiger partial charge is 0.497 e. The van der Waals surface area contributed by atoms with E-state index in [0.717, 1.165) is 17.7 Å². The van der Waals surface area contributed by atoms with E-state index in [1.807, 2.05) is 36.4 Å². The van der Waals surface area contributed by atoms with Crippen molar-refractivity contribution >= 4 is 23.2 Å². The summed E-state index contributed by atoms with van der Waals surface area (Å²) in [5, 5.41) is 1.16. The third-order valence-corrected chi connectivity index (χ3v) is 4.23. The van der Waals surface area contributed by atoms with Crippen LogP contribution in [0.4, 0.5) is 0 Å². The van der Waals surface area contributed by atoms with Crippen LogP contribution in [0, 0.1) is 0 Å².